The fourth-order valence-electron chi connectivity index (χ4n) is 1.76. The van der Waals surface area contributed by atoms with Gasteiger partial charge in [0.1, 0.15) is 11.9 Å². The number of thioether (sulfide) groups is 1. The lowest BCUT2D eigenvalue weighted by Gasteiger charge is -2.15. The molecule has 2 nitrogen and oxygen atoms in total. The van der Waals surface area contributed by atoms with Crippen molar-refractivity contribution in [2.24, 2.45) is 5.92 Å². The first-order valence-corrected chi connectivity index (χ1v) is 5.37. The molecule has 0 amide bonds. The van der Waals surface area contributed by atoms with Crippen LogP contribution in [0.1, 0.15) is 6.42 Å². The highest BCUT2D eigenvalue weighted by molar-refractivity contribution is 8.01. The van der Waals surface area contributed by atoms with E-state index in [1.807, 2.05) is 0 Å². The zero-order valence-electron chi connectivity index (χ0n) is 7.31. The number of hydrogen-bond donors (Lipinski definition) is 0. The van der Waals surface area contributed by atoms with E-state index >= 15 is 0 Å². The van der Waals surface area contributed by atoms with Crippen molar-refractivity contribution in [2.75, 3.05) is 6.61 Å². The quantitative estimate of drug-likeness (QED) is 0.508. The van der Waals surface area contributed by atoms with E-state index in [4.69, 9.17) is 4.74 Å². The van der Waals surface area contributed by atoms with E-state index in [0.29, 0.717) is 17.8 Å². The highest BCUT2D eigenvalue weighted by atomic mass is 32.2. The van der Waals surface area contributed by atoms with Gasteiger partial charge in [0.15, 0.2) is 0 Å². The Labute approximate surface area is 82.0 Å². The lowest BCUT2D eigenvalue weighted by molar-refractivity contribution is -0.142. The van der Waals surface area contributed by atoms with Gasteiger partial charge in [-0.1, -0.05) is 24.8 Å². The van der Waals surface area contributed by atoms with Crippen molar-refractivity contribution in [1.82, 2.24) is 0 Å². The van der Waals surface area contributed by atoms with Crippen LogP contribution in [0.2, 0.25) is 0 Å². The molecule has 2 bridgehead atoms. The van der Waals surface area contributed by atoms with Crippen LogP contribution in [0, 0.1) is 5.92 Å². The van der Waals surface area contributed by atoms with Gasteiger partial charge in [0.2, 0.25) is 0 Å². The molecule has 0 spiro atoms. The molecule has 0 saturated carbocycles. The van der Waals surface area contributed by atoms with Crippen LogP contribution in [0.3, 0.4) is 0 Å². The summed E-state index contributed by atoms with van der Waals surface area (Å²) in [5.74, 6) is 0.328. The van der Waals surface area contributed by atoms with Crippen LogP contribution in [0.15, 0.2) is 24.8 Å². The Bertz CT molecular complexity index is 260. The van der Waals surface area contributed by atoms with Crippen molar-refractivity contribution in [3.8, 4) is 0 Å². The molecule has 3 heteroatoms. The number of carbonyl (C=O) groups excluding carboxylic acids is 1. The number of fused-ring (bicyclic) bond motifs is 2. The van der Waals surface area contributed by atoms with Gasteiger partial charge >= 0.3 is 5.97 Å². The predicted octanol–water partition coefficient (Wildman–Crippen LogP) is 1.78. The minimum atomic E-state index is -0.0817. The van der Waals surface area contributed by atoms with E-state index < -0.39 is 0 Å². The van der Waals surface area contributed by atoms with E-state index in [0.717, 1.165) is 6.42 Å². The van der Waals surface area contributed by atoms with Gasteiger partial charge in [0.05, 0.1) is 0 Å². The summed E-state index contributed by atoms with van der Waals surface area (Å²) in [6, 6.07) is 0. The summed E-state index contributed by atoms with van der Waals surface area (Å²) < 4.78 is 5.02. The second-order valence-electron chi connectivity index (χ2n) is 3.30. The first kappa shape index (κ1) is 8.88. The summed E-state index contributed by atoms with van der Waals surface area (Å²) in [7, 11) is 0. The number of esters is 1. The van der Waals surface area contributed by atoms with Crippen LogP contribution in [0.5, 0.6) is 0 Å². The number of allylic oxidation sites excluding steroid dienone is 1. The van der Waals surface area contributed by atoms with Gasteiger partial charge in [-0.05, 0) is 6.42 Å². The van der Waals surface area contributed by atoms with Gasteiger partial charge in [-0.15, -0.1) is 11.8 Å². The number of ether oxygens (including phenoxy) is 1. The molecule has 1 heterocycles. The number of hydrogen-bond acceptors (Lipinski definition) is 3. The lowest BCUT2D eigenvalue weighted by Crippen LogP contribution is -2.24. The fourth-order valence-corrected chi connectivity index (χ4v) is 3.23. The summed E-state index contributed by atoms with van der Waals surface area (Å²) in [5, 5.41) is 0.584. The lowest BCUT2D eigenvalue weighted by atomic mass is 10.1. The number of carbonyl (C=O) groups is 1. The molecule has 0 aromatic carbocycles. The summed E-state index contributed by atoms with van der Waals surface area (Å²) in [6.45, 7) is 3.84. The second kappa shape index (κ2) is 3.58. The third-order valence-corrected chi connectivity index (χ3v) is 3.90. The number of rotatable bonds is 3. The molecule has 1 aliphatic carbocycles. The molecule has 1 saturated heterocycles. The van der Waals surface area contributed by atoms with Crippen LogP contribution in [0.4, 0.5) is 0 Å². The molecular formula is C10H12O2S. The molecule has 2 rings (SSSR count). The van der Waals surface area contributed by atoms with Crippen molar-refractivity contribution in [1.29, 1.82) is 0 Å². The van der Waals surface area contributed by atoms with Crippen LogP contribution < -0.4 is 0 Å². The van der Waals surface area contributed by atoms with E-state index in [9.17, 15) is 4.79 Å². The first-order chi connectivity index (χ1) is 6.31. The average Bonchev–Trinajstić information content (AvgIpc) is 2.74. The average molecular weight is 196 g/mol. The Morgan fingerprint density at radius 3 is 3.08 bits per heavy atom. The molecule has 0 aromatic rings. The zero-order valence-corrected chi connectivity index (χ0v) is 8.13. The van der Waals surface area contributed by atoms with Gasteiger partial charge in [0, 0.05) is 11.2 Å². The highest BCUT2D eigenvalue weighted by Gasteiger charge is 2.41. The van der Waals surface area contributed by atoms with Gasteiger partial charge < -0.3 is 4.74 Å². The highest BCUT2D eigenvalue weighted by Crippen LogP contribution is 2.45. The minimum Gasteiger partial charge on any atom is -0.461 e. The summed E-state index contributed by atoms with van der Waals surface area (Å²) in [6.07, 6.45) is 7.04. The molecule has 1 fully saturated rings. The van der Waals surface area contributed by atoms with Crippen LogP contribution in [0.25, 0.3) is 0 Å². The topological polar surface area (TPSA) is 26.3 Å². The Morgan fingerprint density at radius 1 is 1.69 bits per heavy atom. The van der Waals surface area contributed by atoms with E-state index in [-0.39, 0.29) is 11.2 Å². The minimum absolute atomic E-state index is 0.0370. The predicted molar refractivity (Wildman–Crippen MR) is 53.6 cm³/mol. The zero-order chi connectivity index (χ0) is 9.26. The maximum atomic E-state index is 11.5. The van der Waals surface area contributed by atoms with Crippen molar-refractivity contribution in [2.45, 2.75) is 16.9 Å². The van der Waals surface area contributed by atoms with E-state index in [2.05, 4.69) is 18.7 Å². The van der Waals surface area contributed by atoms with Crippen molar-refractivity contribution in [3.63, 3.8) is 0 Å². The van der Waals surface area contributed by atoms with Crippen LogP contribution in [-0.4, -0.2) is 23.1 Å². The van der Waals surface area contributed by atoms with Gasteiger partial charge in [-0.25, -0.2) is 0 Å². The molecule has 1 aliphatic heterocycles. The Kier molecular flexibility index (Phi) is 2.44. The monoisotopic (exact) mass is 196 g/mol. The first-order valence-electron chi connectivity index (χ1n) is 4.42. The largest absolute Gasteiger partial charge is 0.461 e. The maximum absolute atomic E-state index is 11.5. The molecule has 70 valence electrons. The Morgan fingerprint density at radius 2 is 2.54 bits per heavy atom. The fraction of sp³-hybridized carbons (Fsp3) is 0.500. The van der Waals surface area contributed by atoms with Crippen molar-refractivity contribution >= 4 is 17.7 Å². The third kappa shape index (κ3) is 1.66. The standard InChI is InChI=1S/C10H12O2S/c1-2-5-12-10(11)9-7-3-4-8(6-7)13-9/h2-4,7-9H,1,5-6H2. The molecule has 13 heavy (non-hydrogen) atoms. The second-order valence-corrected chi connectivity index (χ2v) is 4.68. The molecule has 3 atom stereocenters. The van der Waals surface area contributed by atoms with Crippen molar-refractivity contribution < 1.29 is 9.53 Å². The molecule has 0 aromatic heterocycles. The SMILES string of the molecule is C=CCOC(=O)C1SC2C=CC1C2. The normalized spacial score (nSPS) is 34.9. The van der Waals surface area contributed by atoms with Crippen LogP contribution in [-0.2, 0) is 9.53 Å². The Hall–Kier alpha value is -0.700. The molecule has 2 aliphatic rings. The Balaban J connectivity index is 1.91. The smallest absolute Gasteiger partial charge is 0.319 e. The van der Waals surface area contributed by atoms with Gasteiger partial charge in [0.25, 0.3) is 0 Å². The summed E-state index contributed by atoms with van der Waals surface area (Å²) in [5.41, 5.74) is 0. The summed E-state index contributed by atoms with van der Waals surface area (Å²) >= 11 is 1.72. The van der Waals surface area contributed by atoms with Gasteiger partial charge in [-0.3, -0.25) is 4.79 Å². The van der Waals surface area contributed by atoms with E-state index in [1.165, 1.54) is 0 Å². The van der Waals surface area contributed by atoms with Crippen molar-refractivity contribution in [3.05, 3.63) is 24.8 Å². The molecule has 0 radical (unpaired) electrons. The summed E-state index contributed by atoms with van der Waals surface area (Å²) in [4.78, 5) is 11.5. The van der Waals surface area contributed by atoms with Gasteiger partial charge in [-0.2, -0.15) is 0 Å². The third-order valence-electron chi connectivity index (χ3n) is 2.36. The molecular weight excluding hydrogens is 184 g/mol. The molecule has 0 N–H and O–H groups in total. The molecule has 3 unspecified atom stereocenters. The van der Waals surface area contributed by atoms with E-state index in [1.54, 1.807) is 17.8 Å². The maximum Gasteiger partial charge on any atom is 0.319 e. The van der Waals surface area contributed by atoms with Crippen LogP contribution >= 0.6 is 11.8 Å².